The van der Waals surface area contributed by atoms with Crippen LogP contribution in [0.1, 0.15) is 80.5 Å². The van der Waals surface area contributed by atoms with Crippen LogP contribution in [-0.2, 0) is 56.9 Å². The van der Waals surface area contributed by atoms with Crippen molar-refractivity contribution < 1.29 is 33.8 Å². The highest BCUT2D eigenvalue weighted by atomic mass is 35.5. The molecule has 15 heteroatoms. The second-order valence-electron chi connectivity index (χ2n) is 19.7. The van der Waals surface area contributed by atoms with Crippen LogP contribution in [0, 0.1) is 5.92 Å². The molecule has 1 aliphatic carbocycles. The minimum absolute atomic E-state index is 0.0218. The number of fused-ring (bicyclic) bond motifs is 1. The summed E-state index contributed by atoms with van der Waals surface area (Å²) in [5.74, 6) is -0.660. The predicted molar refractivity (Wildman–Crippen MR) is 265 cm³/mol. The number of rotatable bonds is 17. The van der Waals surface area contributed by atoms with Crippen molar-refractivity contribution in [3.05, 3.63) is 136 Å². The van der Waals surface area contributed by atoms with E-state index in [-0.39, 0.29) is 37.3 Å². The van der Waals surface area contributed by atoms with E-state index in [0.29, 0.717) is 55.3 Å². The van der Waals surface area contributed by atoms with Crippen LogP contribution in [0.3, 0.4) is 0 Å². The molecule has 3 N–H and O–H groups in total. The first-order valence-corrected chi connectivity index (χ1v) is 24.3. The number of benzene rings is 4. The maximum Gasteiger partial charge on any atom is 0.304 e. The van der Waals surface area contributed by atoms with Gasteiger partial charge in [-0.05, 0) is 132 Å². The van der Waals surface area contributed by atoms with E-state index in [2.05, 4.69) is 25.1 Å². The number of halogens is 1. The Labute approximate surface area is 409 Å². The SMILES string of the molecule is C[C@H](NCc1ccccc1Oc1ccc(-c2cnc(CN(C)C)n2C)cc1)C(=O)N1[C@H](C(=O)N[C@@]2(Cc3ccc(Cl)cc3)CCCN(C(=O)[C@@H](CC(=O)O)[C@@H]3CCc4ccccc43)C2)COC1(C)C. The van der Waals surface area contributed by atoms with E-state index in [1.165, 1.54) is 4.90 Å². The van der Waals surface area contributed by atoms with Crippen molar-refractivity contribution in [1.82, 2.24) is 34.9 Å². The third kappa shape index (κ3) is 11.2. The summed E-state index contributed by atoms with van der Waals surface area (Å²) in [7, 11) is 6.05. The van der Waals surface area contributed by atoms with Crippen molar-refractivity contribution in [2.45, 2.75) is 102 Å². The van der Waals surface area contributed by atoms with Crippen LogP contribution in [0.4, 0.5) is 0 Å². The van der Waals surface area contributed by atoms with Gasteiger partial charge in [0.05, 0.1) is 49.0 Å². The average Bonchev–Trinajstić information content (AvgIpc) is 4.02. The molecule has 5 atom stereocenters. The molecule has 0 bridgehead atoms. The van der Waals surface area contributed by atoms with Gasteiger partial charge < -0.3 is 39.6 Å². The fourth-order valence-electron chi connectivity index (χ4n) is 10.5. The van der Waals surface area contributed by atoms with E-state index < -0.39 is 41.1 Å². The van der Waals surface area contributed by atoms with Gasteiger partial charge in [-0.25, -0.2) is 4.98 Å². The number of nitrogens with one attached hydrogen (secondary N) is 2. The van der Waals surface area contributed by atoms with Gasteiger partial charge in [-0.1, -0.05) is 66.2 Å². The Bertz CT molecular complexity index is 2650. The number of imidazole rings is 1. The van der Waals surface area contributed by atoms with Crippen LogP contribution >= 0.6 is 11.6 Å². The van der Waals surface area contributed by atoms with E-state index in [9.17, 15) is 24.3 Å². The van der Waals surface area contributed by atoms with Gasteiger partial charge >= 0.3 is 5.97 Å². The van der Waals surface area contributed by atoms with Gasteiger partial charge in [0.25, 0.3) is 0 Å². The zero-order chi connectivity index (χ0) is 49.0. The Hall–Kier alpha value is -6.06. The number of aromatic nitrogens is 2. The number of carbonyl (C=O) groups excluding carboxylic acids is 3. The molecule has 364 valence electrons. The van der Waals surface area contributed by atoms with Crippen LogP contribution in [0.2, 0.25) is 5.02 Å². The molecule has 3 heterocycles. The largest absolute Gasteiger partial charge is 0.481 e. The summed E-state index contributed by atoms with van der Waals surface area (Å²) in [5, 5.41) is 17.4. The summed E-state index contributed by atoms with van der Waals surface area (Å²) in [6.45, 7) is 6.96. The van der Waals surface area contributed by atoms with Gasteiger partial charge in [0.15, 0.2) is 0 Å². The van der Waals surface area contributed by atoms with Crippen molar-refractivity contribution in [1.29, 1.82) is 0 Å². The minimum atomic E-state index is -1.11. The van der Waals surface area contributed by atoms with Crippen LogP contribution in [0.25, 0.3) is 11.3 Å². The van der Waals surface area contributed by atoms with Crippen molar-refractivity contribution in [3.63, 3.8) is 0 Å². The van der Waals surface area contributed by atoms with E-state index >= 15 is 0 Å². The molecular weight excluding hydrogens is 894 g/mol. The highest BCUT2D eigenvalue weighted by Gasteiger charge is 2.50. The lowest BCUT2D eigenvalue weighted by Gasteiger charge is -2.46. The molecule has 8 rings (SSSR count). The first kappa shape index (κ1) is 49.4. The Morgan fingerprint density at radius 2 is 1.70 bits per heavy atom. The van der Waals surface area contributed by atoms with E-state index in [0.717, 1.165) is 52.3 Å². The third-order valence-corrected chi connectivity index (χ3v) is 14.2. The molecule has 2 aliphatic heterocycles. The number of carboxylic acid groups (broad SMARTS) is 1. The van der Waals surface area contributed by atoms with Crippen molar-refractivity contribution >= 4 is 35.3 Å². The number of ether oxygens (including phenoxy) is 2. The summed E-state index contributed by atoms with van der Waals surface area (Å²) >= 11 is 6.29. The van der Waals surface area contributed by atoms with Gasteiger partial charge in [0, 0.05) is 42.8 Å². The van der Waals surface area contributed by atoms with Crippen molar-refractivity contribution in [2.75, 3.05) is 33.8 Å². The van der Waals surface area contributed by atoms with Gasteiger partial charge in [-0.2, -0.15) is 0 Å². The monoisotopic (exact) mass is 957 g/mol. The first-order chi connectivity index (χ1) is 33.0. The van der Waals surface area contributed by atoms with Crippen LogP contribution in [-0.4, -0.2) is 110 Å². The molecule has 4 aromatic carbocycles. The molecule has 14 nitrogen and oxygen atoms in total. The molecule has 5 aromatic rings. The molecule has 1 aromatic heterocycles. The molecule has 2 fully saturated rings. The van der Waals surface area contributed by atoms with Gasteiger partial charge in [-0.3, -0.25) is 24.1 Å². The van der Waals surface area contributed by atoms with Crippen LogP contribution in [0.15, 0.2) is 103 Å². The van der Waals surface area contributed by atoms with Crippen molar-refractivity contribution in [2.24, 2.45) is 13.0 Å². The smallest absolute Gasteiger partial charge is 0.304 e. The molecule has 69 heavy (non-hydrogen) atoms. The number of aryl methyl sites for hydroxylation is 1. The lowest BCUT2D eigenvalue weighted by molar-refractivity contribution is -0.152. The summed E-state index contributed by atoms with van der Waals surface area (Å²) < 4.78 is 14.7. The van der Waals surface area contributed by atoms with E-state index in [1.807, 2.05) is 112 Å². The molecule has 3 amide bonds. The standard InChI is InChI=1S/C54H64ClN7O7/c1-35(56-30-39-13-8-10-15-47(39)69-41-23-18-38(19-24-41)45-31-57-48(60(45)6)32-59(4)5)51(66)62-46(33-68-53(62,2)3)50(65)58-54(29-36-16-21-40(55)22-17-36)26-11-27-61(34-54)52(67)44(28-49(63)64)43-25-20-37-12-7-9-14-42(37)43/h7-10,12-19,21-24,31,35,43-44,46,56H,11,20,25-30,32-34H2,1-6H3,(H,58,65)(H,63,64)/t35-,43+,44-,46-,54+/m0/s1. The summed E-state index contributed by atoms with van der Waals surface area (Å²) in [6.07, 6.45) is 4.59. The Kier molecular flexibility index (Phi) is 14.9. The summed E-state index contributed by atoms with van der Waals surface area (Å²) in [4.78, 5) is 66.3. The first-order valence-electron chi connectivity index (χ1n) is 23.9. The number of likely N-dealkylation sites (tertiary alicyclic amines) is 1. The van der Waals surface area contributed by atoms with Gasteiger partial charge in [0.2, 0.25) is 17.7 Å². The number of hydrogen-bond acceptors (Lipinski definition) is 9. The number of hydrogen-bond donors (Lipinski definition) is 3. The quantitative estimate of drug-likeness (QED) is 0.0849. The summed E-state index contributed by atoms with van der Waals surface area (Å²) in [6, 6.07) is 29.2. The van der Waals surface area contributed by atoms with Gasteiger partial charge in [-0.15, -0.1) is 0 Å². The lowest BCUT2D eigenvalue weighted by Crippen LogP contribution is -2.65. The predicted octanol–water partition coefficient (Wildman–Crippen LogP) is 7.58. The maximum absolute atomic E-state index is 14.8. The van der Waals surface area contributed by atoms with E-state index in [1.54, 1.807) is 37.8 Å². The van der Waals surface area contributed by atoms with Crippen LogP contribution in [0.5, 0.6) is 11.5 Å². The number of carbonyl (C=O) groups is 4. The zero-order valence-corrected chi connectivity index (χ0v) is 41.2. The fourth-order valence-corrected chi connectivity index (χ4v) is 10.6. The molecule has 0 saturated carbocycles. The Morgan fingerprint density at radius 1 is 0.971 bits per heavy atom. The topological polar surface area (TPSA) is 159 Å². The van der Waals surface area contributed by atoms with E-state index in [4.69, 9.17) is 21.1 Å². The molecule has 0 radical (unpaired) electrons. The number of amides is 3. The molecule has 0 unspecified atom stereocenters. The second-order valence-corrected chi connectivity index (χ2v) is 20.1. The second kappa shape index (κ2) is 20.9. The number of para-hydroxylation sites is 1. The zero-order valence-electron chi connectivity index (χ0n) is 40.4. The van der Waals surface area contributed by atoms with Crippen molar-refractivity contribution in [3.8, 4) is 22.8 Å². The highest BCUT2D eigenvalue weighted by Crippen LogP contribution is 2.42. The molecule has 3 aliphatic rings. The van der Waals surface area contributed by atoms with Gasteiger partial charge in [0.1, 0.15) is 29.1 Å². The number of piperidine rings is 1. The molecular formula is C54H64ClN7O7. The fraction of sp³-hybridized carbons (Fsp3) is 0.426. The average molecular weight is 959 g/mol. The normalized spacial score (nSPS) is 20.6. The number of nitrogens with zero attached hydrogens (tertiary/aromatic N) is 5. The number of aliphatic carboxylic acids is 1. The lowest BCUT2D eigenvalue weighted by atomic mass is 9.80. The minimum Gasteiger partial charge on any atom is -0.481 e. The van der Waals surface area contributed by atoms with Crippen LogP contribution < -0.4 is 15.4 Å². The maximum atomic E-state index is 14.8. The summed E-state index contributed by atoms with van der Waals surface area (Å²) in [5.41, 5.74) is 3.91. The highest BCUT2D eigenvalue weighted by molar-refractivity contribution is 6.30. The third-order valence-electron chi connectivity index (χ3n) is 14.0. The Balaban J connectivity index is 0.965. The molecule has 2 saturated heterocycles. The molecule has 0 spiro atoms. The number of carboxylic acids is 1. The Morgan fingerprint density at radius 3 is 2.43 bits per heavy atom.